The Morgan fingerprint density at radius 3 is 2.67 bits per heavy atom. The molecule has 0 radical (unpaired) electrons. The Morgan fingerprint density at radius 2 is 1.89 bits per heavy atom. The van der Waals surface area contributed by atoms with Crippen LogP contribution in [-0.2, 0) is 0 Å². The molecule has 0 saturated heterocycles. The van der Waals surface area contributed by atoms with E-state index in [9.17, 15) is 5.11 Å². The molecular formula is C17H30O. The zero-order valence-corrected chi connectivity index (χ0v) is 12.3. The van der Waals surface area contributed by atoms with E-state index in [-0.39, 0.29) is 0 Å². The summed E-state index contributed by atoms with van der Waals surface area (Å²) in [6.45, 7) is 4.56. The van der Waals surface area contributed by atoms with Gasteiger partial charge in [-0.2, -0.15) is 0 Å². The first-order valence-electron chi connectivity index (χ1n) is 8.06. The highest BCUT2D eigenvalue weighted by molar-refractivity contribution is 5.20. The standard InChI is InChI=1S/C17H30O/c1-14(2)16-12-8-9-13-17(16,18)15-10-6-4-3-5-7-11-15/h10,14,16,18H,3-9,11-13H2,1-2H3. The Morgan fingerprint density at radius 1 is 1.11 bits per heavy atom. The van der Waals surface area contributed by atoms with Gasteiger partial charge in [0, 0.05) is 0 Å². The molecule has 1 nitrogen and oxygen atoms in total. The van der Waals surface area contributed by atoms with Crippen molar-refractivity contribution in [1.82, 2.24) is 0 Å². The normalized spacial score (nSPS) is 34.9. The van der Waals surface area contributed by atoms with Crippen molar-refractivity contribution in [3.8, 4) is 0 Å². The molecule has 1 N–H and O–H groups in total. The van der Waals surface area contributed by atoms with Crippen LogP contribution in [-0.4, -0.2) is 10.7 Å². The first-order chi connectivity index (χ1) is 8.64. The number of allylic oxidation sites excluding steroid dienone is 1. The van der Waals surface area contributed by atoms with Gasteiger partial charge >= 0.3 is 0 Å². The summed E-state index contributed by atoms with van der Waals surface area (Å²) in [6.07, 6.45) is 14.7. The summed E-state index contributed by atoms with van der Waals surface area (Å²) in [6, 6.07) is 0. The molecule has 18 heavy (non-hydrogen) atoms. The molecule has 1 heteroatoms. The van der Waals surface area contributed by atoms with Gasteiger partial charge in [-0.05, 0) is 55.9 Å². The van der Waals surface area contributed by atoms with Gasteiger partial charge in [-0.25, -0.2) is 0 Å². The van der Waals surface area contributed by atoms with Gasteiger partial charge in [-0.15, -0.1) is 0 Å². The monoisotopic (exact) mass is 250 g/mol. The number of aliphatic hydroxyl groups is 1. The summed E-state index contributed by atoms with van der Waals surface area (Å²) in [5.74, 6) is 1.08. The zero-order chi connectivity index (χ0) is 13.0. The molecule has 0 aromatic carbocycles. The Labute approximate surface area is 113 Å². The Hall–Kier alpha value is -0.300. The van der Waals surface area contributed by atoms with E-state index in [1.54, 1.807) is 0 Å². The average molecular weight is 250 g/mol. The second-order valence-corrected chi connectivity index (χ2v) is 6.70. The Balaban J connectivity index is 2.19. The van der Waals surface area contributed by atoms with Crippen LogP contribution in [0, 0.1) is 11.8 Å². The topological polar surface area (TPSA) is 20.2 Å². The first kappa shape index (κ1) is 14.1. The lowest BCUT2D eigenvalue weighted by atomic mass is 9.65. The van der Waals surface area contributed by atoms with Crippen molar-refractivity contribution in [2.45, 2.75) is 83.7 Å². The van der Waals surface area contributed by atoms with E-state index in [1.807, 2.05) is 0 Å². The second-order valence-electron chi connectivity index (χ2n) is 6.70. The summed E-state index contributed by atoms with van der Waals surface area (Å²) < 4.78 is 0. The van der Waals surface area contributed by atoms with Gasteiger partial charge < -0.3 is 5.11 Å². The summed E-state index contributed by atoms with van der Waals surface area (Å²) in [4.78, 5) is 0. The van der Waals surface area contributed by atoms with Gasteiger partial charge in [0.15, 0.2) is 0 Å². The molecule has 2 aliphatic rings. The molecule has 0 bridgehead atoms. The van der Waals surface area contributed by atoms with Crippen LogP contribution in [0.2, 0.25) is 0 Å². The van der Waals surface area contributed by atoms with E-state index >= 15 is 0 Å². The van der Waals surface area contributed by atoms with Crippen LogP contribution in [0.1, 0.15) is 78.1 Å². The van der Waals surface area contributed by atoms with Gasteiger partial charge in [-0.3, -0.25) is 0 Å². The highest BCUT2D eigenvalue weighted by Crippen LogP contribution is 2.44. The van der Waals surface area contributed by atoms with Crippen molar-refractivity contribution in [3.63, 3.8) is 0 Å². The van der Waals surface area contributed by atoms with Crippen LogP contribution in [0.15, 0.2) is 11.6 Å². The quantitative estimate of drug-likeness (QED) is 0.695. The Kier molecular flexibility index (Phi) is 4.89. The van der Waals surface area contributed by atoms with E-state index in [4.69, 9.17) is 0 Å². The summed E-state index contributed by atoms with van der Waals surface area (Å²) >= 11 is 0. The van der Waals surface area contributed by atoms with Crippen LogP contribution in [0.4, 0.5) is 0 Å². The molecule has 0 amide bonds. The lowest BCUT2D eigenvalue weighted by Crippen LogP contribution is -2.45. The van der Waals surface area contributed by atoms with Crippen LogP contribution in [0.25, 0.3) is 0 Å². The fourth-order valence-corrected chi connectivity index (χ4v) is 4.05. The van der Waals surface area contributed by atoms with E-state index in [1.165, 1.54) is 56.9 Å². The molecule has 2 aliphatic carbocycles. The number of rotatable bonds is 2. The zero-order valence-electron chi connectivity index (χ0n) is 12.3. The summed E-state index contributed by atoms with van der Waals surface area (Å²) in [5.41, 5.74) is 0.921. The SMILES string of the molecule is CC(C)C1CCCCC1(O)C1=CCCCCCC1. The predicted molar refractivity (Wildman–Crippen MR) is 77.5 cm³/mol. The first-order valence-corrected chi connectivity index (χ1v) is 8.06. The lowest BCUT2D eigenvalue weighted by molar-refractivity contribution is -0.0376. The maximum atomic E-state index is 11.3. The molecular weight excluding hydrogens is 220 g/mol. The summed E-state index contributed by atoms with van der Waals surface area (Å²) in [7, 11) is 0. The predicted octanol–water partition coefficient (Wildman–Crippen LogP) is 4.84. The average Bonchev–Trinajstić information content (AvgIpc) is 2.28. The maximum absolute atomic E-state index is 11.3. The van der Waals surface area contributed by atoms with Crippen LogP contribution < -0.4 is 0 Å². The third-order valence-corrected chi connectivity index (χ3v) is 5.09. The van der Waals surface area contributed by atoms with Crippen LogP contribution in [0.5, 0.6) is 0 Å². The van der Waals surface area contributed by atoms with Gasteiger partial charge in [-0.1, -0.05) is 45.6 Å². The molecule has 2 rings (SSSR count). The van der Waals surface area contributed by atoms with Crippen molar-refractivity contribution in [3.05, 3.63) is 11.6 Å². The minimum Gasteiger partial charge on any atom is -0.385 e. The van der Waals surface area contributed by atoms with Crippen molar-refractivity contribution < 1.29 is 5.11 Å². The molecule has 1 saturated carbocycles. The molecule has 0 heterocycles. The van der Waals surface area contributed by atoms with E-state index in [2.05, 4.69) is 19.9 Å². The van der Waals surface area contributed by atoms with Gasteiger partial charge in [0.25, 0.3) is 0 Å². The van der Waals surface area contributed by atoms with Crippen molar-refractivity contribution in [2.75, 3.05) is 0 Å². The number of hydrogen-bond acceptors (Lipinski definition) is 1. The number of hydrogen-bond donors (Lipinski definition) is 1. The largest absolute Gasteiger partial charge is 0.385 e. The molecule has 2 atom stereocenters. The van der Waals surface area contributed by atoms with Gasteiger partial charge in [0.1, 0.15) is 0 Å². The van der Waals surface area contributed by atoms with Gasteiger partial charge in [0.05, 0.1) is 5.60 Å². The van der Waals surface area contributed by atoms with E-state index in [0.29, 0.717) is 11.8 Å². The lowest BCUT2D eigenvalue weighted by Gasteiger charge is -2.44. The van der Waals surface area contributed by atoms with Crippen molar-refractivity contribution in [1.29, 1.82) is 0 Å². The van der Waals surface area contributed by atoms with E-state index < -0.39 is 5.60 Å². The highest BCUT2D eigenvalue weighted by Gasteiger charge is 2.42. The fourth-order valence-electron chi connectivity index (χ4n) is 4.05. The summed E-state index contributed by atoms with van der Waals surface area (Å²) in [5, 5.41) is 11.3. The maximum Gasteiger partial charge on any atom is 0.0887 e. The highest BCUT2D eigenvalue weighted by atomic mass is 16.3. The molecule has 0 aromatic heterocycles. The molecule has 2 unspecified atom stereocenters. The van der Waals surface area contributed by atoms with Crippen LogP contribution >= 0.6 is 0 Å². The molecule has 104 valence electrons. The van der Waals surface area contributed by atoms with E-state index in [0.717, 1.165) is 12.8 Å². The molecule has 0 spiro atoms. The third kappa shape index (κ3) is 2.99. The Bertz CT molecular complexity index is 292. The van der Waals surface area contributed by atoms with Crippen LogP contribution in [0.3, 0.4) is 0 Å². The van der Waals surface area contributed by atoms with Crippen molar-refractivity contribution >= 4 is 0 Å². The molecule has 0 aromatic rings. The third-order valence-electron chi connectivity index (χ3n) is 5.09. The minimum atomic E-state index is -0.468. The molecule has 0 aliphatic heterocycles. The van der Waals surface area contributed by atoms with Crippen molar-refractivity contribution in [2.24, 2.45) is 11.8 Å². The minimum absolute atomic E-state index is 0.468. The molecule has 1 fully saturated rings. The fraction of sp³-hybridized carbons (Fsp3) is 0.882. The smallest absolute Gasteiger partial charge is 0.0887 e. The second kappa shape index (κ2) is 6.23. The van der Waals surface area contributed by atoms with Gasteiger partial charge in [0.2, 0.25) is 0 Å².